The summed E-state index contributed by atoms with van der Waals surface area (Å²) in [7, 11) is 1.59. The fraction of sp³-hybridized carbons (Fsp3) is 0.231. The zero-order valence-corrected chi connectivity index (χ0v) is 18.0. The average Bonchev–Trinajstić information content (AvgIpc) is 3.46. The highest BCUT2D eigenvalue weighted by Crippen LogP contribution is 2.35. The van der Waals surface area contributed by atoms with E-state index in [0.717, 1.165) is 29.5 Å². The molecule has 1 saturated heterocycles. The molecule has 6 heteroatoms. The number of aromatic nitrogens is 1. The summed E-state index contributed by atoms with van der Waals surface area (Å²) in [6, 6.07) is 17.8. The molecular weight excluding hydrogens is 407 g/mol. The maximum Gasteiger partial charge on any atom is 0.254 e. The summed E-state index contributed by atoms with van der Waals surface area (Å²) in [5.41, 5.74) is 4.44. The minimum atomic E-state index is -0.222. The van der Waals surface area contributed by atoms with Gasteiger partial charge in [-0.3, -0.25) is 4.79 Å². The Morgan fingerprint density at radius 2 is 1.94 bits per heavy atom. The molecule has 162 valence electrons. The van der Waals surface area contributed by atoms with Crippen LogP contribution in [0.1, 0.15) is 40.7 Å². The average molecular weight is 430 g/mol. The molecule has 0 saturated carbocycles. The second-order valence-electron chi connectivity index (χ2n) is 8.09. The van der Waals surface area contributed by atoms with E-state index in [1.807, 2.05) is 41.3 Å². The van der Waals surface area contributed by atoms with Crippen LogP contribution < -0.4 is 4.74 Å². The van der Waals surface area contributed by atoms with Crippen molar-refractivity contribution in [2.75, 3.05) is 13.7 Å². The number of rotatable bonds is 4. The van der Waals surface area contributed by atoms with Crippen LogP contribution in [0.3, 0.4) is 0 Å². The fourth-order valence-corrected chi connectivity index (χ4v) is 4.28. The predicted octanol–water partition coefficient (Wildman–Crippen LogP) is 5.93. The number of aryl methyl sites for hydroxylation is 1. The van der Waals surface area contributed by atoms with Crippen molar-refractivity contribution in [2.45, 2.75) is 25.8 Å². The Bertz CT molecular complexity index is 1310. The first-order valence-corrected chi connectivity index (χ1v) is 10.7. The first kappa shape index (κ1) is 20.2. The minimum Gasteiger partial charge on any atom is -0.497 e. The molecule has 0 N–H and O–H groups in total. The van der Waals surface area contributed by atoms with Crippen LogP contribution in [-0.2, 0) is 0 Å². The van der Waals surface area contributed by atoms with E-state index < -0.39 is 0 Å². The standard InChI is InChI=1S/C26H23FN2O3/c1-16-13-17(8-10-21(16)27)18-9-11-24-22(15-18)28-25(32-24)23-7-4-12-29(23)26(30)19-5-3-6-20(14-19)31-2/h3,5-6,8-11,13-15,23H,4,7,12H2,1-2H3/t23-/m1/s1. The molecule has 0 spiro atoms. The number of oxazole rings is 1. The molecule has 0 bridgehead atoms. The van der Waals surface area contributed by atoms with Crippen molar-refractivity contribution in [3.8, 4) is 16.9 Å². The van der Waals surface area contributed by atoms with Gasteiger partial charge in [-0.05, 0) is 78.9 Å². The van der Waals surface area contributed by atoms with E-state index in [2.05, 4.69) is 0 Å². The quantitative estimate of drug-likeness (QED) is 0.403. The van der Waals surface area contributed by atoms with E-state index in [1.165, 1.54) is 6.07 Å². The van der Waals surface area contributed by atoms with Crippen LogP contribution in [0.4, 0.5) is 4.39 Å². The first-order chi connectivity index (χ1) is 15.5. The summed E-state index contributed by atoms with van der Waals surface area (Å²) in [4.78, 5) is 19.7. The predicted molar refractivity (Wildman–Crippen MR) is 120 cm³/mol. The zero-order valence-electron chi connectivity index (χ0n) is 18.0. The van der Waals surface area contributed by atoms with Gasteiger partial charge in [-0.15, -0.1) is 0 Å². The lowest BCUT2D eigenvalue weighted by Crippen LogP contribution is -2.30. The van der Waals surface area contributed by atoms with Gasteiger partial charge in [-0.2, -0.15) is 0 Å². The normalized spacial score (nSPS) is 16.0. The smallest absolute Gasteiger partial charge is 0.254 e. The highest BCUT2D eigenvalue weighted by atomic mass is 19.1. The third kappa shape index (κ3) is 3.62. The number of carbonyl (C=O) groups excluding carboxylic acids is 1. The number of carbonyl (C=O) groups is 1. The van der Waals surface area contributed by atoms with E-state index in [4.69, 9.17) is 14.1 Å². The van der Waals surface area contributed by atoms with E-state index in [-0.39, 0.29) is 17.8 Å². The van der Waals surface area contributed by atoms with Crippen molar-refractivity contribution in [3.05, 3.63) is 83.5 Å². The Labute approximate surface area is 185 Å². The molecule has 1 aromatic heterocycles. The number of likely N-dealkylation sites (tertiary alicyclic amines) is 1. The number of ether oxygens (including phenoxy) is 1. The van der Waals surface area contributed by atoms with Crippen LogP contribution in [0, 0.1) is 12.7 Å². The number of benzene rings is 3. The number of hydrogen-bond donors (Lipinski definition) is 0. The van der Waals surface area contributed by atoms with Gasteiger partial charge in [-0.25, -0.2) is 9.37 Å². The van der Waals surface area contributed by atoms with Crippen LogP contribution in [0.15, 0.2) is 65.1 Å². The Balaban J connectivity index is 1.45. The Kier molecular flexibility index (Phi) is 5.13. The van der Waals surface area contributed by atoms with Crippen LogP contribution in [0.2, 0.25) is 0 Å². The number of nitrogens with zero attached hydrogens (tertiary/aromatic N) is 2. The summed E-state index contributed by atoms with van der Waals surface area (Å²) >= 11 is 0. The molecule has 32 heavy (non-hydrogen) atoms. The topological polar surface area (TPSA) is 55.6 Å². The first-order valence-electron chi connectivity index (χ1n) is 10.7. The Morgan fingerprint density at radius 1 is 1.12 bits per heavy atom. The lowest BCUT2D eigenvalue weighted by molar-refractivity contribution is 0.0716. The number of halogens is 1. The lowest BCUT2D eigenvalue weighted by Gasteiger charge is -2.22. The van der Waals surface area contributed by atoms with Gasteiger partial charge in [0.1, 0.15) is 23.1 Å². The zero-order chi connectivity index (χ0) is 22.2. The largest absolute Gasteiger partial charge is 0.497 e. The summed E-state index contributed by atoms with van der Waals surface area (Å²) in [6.07, 6.45) is 1.69. The van der Waals surface area contributed by atoms with Gasteiger partial charge >= 0.3 is 0 Å². The van der Waals surface area contributed by atoms with Crippen molar-refractivity contribution in [2.24, 2.45) is 0 Å². The summed E-state index contributed by atoms with van der Waals surface area (Å²) < 4.78 is 25.0. The van der Waals surface area contributed by atoms with Crippen LogP contribution in [0.25, 0.3) is 22.2 Å². The molecule has 3 aromatic carbocycles. The fourth-order valence-electron chi connectivity index (χ4n) is 4.28. The second kappa shape index (κ2) is 8.11. The highest BCUT2D eigenvalue weighted by Gasteiger charge is 2.34. The van der Waals surface area contributed by atoms with Gasteiger partial charge in [0, 0.05) is 12.1 Å². The Morgan fingerprint density at radius 3 is 2.75 bits per heavy atom. The van der Waals surface area contributed by atoms with Crippen molar-refractivity contribution in [3.63, 3.8) is 0 Å². The second-order valence-corrected chi connectivity index (χ2v) is 8.09. The van der Waals surface area contributed by atoms with Gasteiger partial charge in [0.25, 0.3) is 5.91 Å². The number of hydrogen-bond acceptors (Lipinski definition) is 4. The summed E-state index contributed by atoms with van der Waals surface area (Å²) in [6.45, 7) is 2.40. The molecular formula is C26H23FN2O3. The number of methoxy groups -OCH3 is 1. The summed E-state index contributed by atoms with van der Waals surface area (Å²) in [5.74, 6) is 0.912. The molecule has 2 heterocycles. The van der Waals surface area contributed by atoms with Crippen LogP contribution >= 0.6 is 0 Å². The van der Waals surface area contributed by atoms with Crippen molar-refractivity contribution in [1.29, 1.82) is 0 Å². The van der Waals surface area contributed by atoms with E-state index in [0.29, 0.717) is 34.9 Å². The molecule has 0 unspecified atom stereocenters. The molecule has 1 aliphatic rings. The molecule has 5 nitrogen and oxygen atoms in total. The molecule has 0 aliphatic carbocycles. The molecule has 0 radical (unpaired) electrons. The number of fused-ring (bicyclic) bond motifs is 1. The highest BCUT2D eigenvalue weighted by molar-refractivity contribution is 5.95. The van der Waals surface area contributed by atoms with Gasteiger partial charge < -0.3 is 14.1 Å². The van der Waals surface area contributed by atoms with Crippen molar-refractivity contribution < 1.29 is 18.3 Å². The third-order valence-corrected chi connectivity index (χ3v) is 6.01. The SMILES string of the molecule is COc1cccc(C(=O)N2CCC[C@@H]2c2nc3cc(-c4ccc(F)c(C)c4)ccc3o2)c1. The third-order valence-electron chi connectivity index (χ3n) is 6.01. The van der Waals surface area contributed by atoms with Gasteiger partial charge in [0.15, 0.2) is 5.58 Å². The maximum absolute atomic E-state index is 13.6. The van der Waals surface area contributed by atoms with E-state index in [9.17, 15) is 9.18 Å². The van der Waals surface area contributed by atoms with Crippen LogP contribution in [0.5, 0.6) is 5.75 Å². The lowest BCUT2D eigenvalue weighted by atomic mass is 10.0. The molecule has 1 fully saturated rings. The van der Waals surface area contributed by atoms with Gasteiger partial charge in [0.05, 0.1) is 7.11 Å². The molecule has 4 aromatic rings. The van der Waals surface area contributed by atoms with Crippen molar-refractivity contribution in [1.82, 2.24) is 9.88 Å². The van der Waals surface area contributed by atoms with E-state index >= 15 is 0 Å². The van der Waals surface area contributed by atoms with E-state index in [1.54, 1.807) is 32.2 Å². The van der Waals surface area contributed by atoms with Gasteiger partial charge in [-0.1, -0.05) is 18.2 Å². The molecule has 1 atom stereocenters. The molecule has 1 aliphatic heterocycles. The van der Waals surface area contributed by atoms with Gasteiger partial charge in [0.2, 0.25) is 5.89 Å². The van der Waals surface area contributed by atoms with Crippen molar-refractivity contribution >= 4 is 17.0 Å². The molecule has 5 rings (SSSR count). The summed E-state index contributed by atoms with van der Waals surface area (Å²) in [5, 5.41) is 0. The number of amides is 1. The maximum atomic E-state index is 13.6. The molecule has 1 amide bonds. The van der Waals surface area contributed by atoms with Crippen LogP contribution in [-0.4, -0.2) is 29.4 Å². The Hall–Kier alpha value is -3.67. The minimum absolute atomic E-state index is 0.0591. The monoisotopic (exact) mass is 430 g/mol.